The normalized spacial score (nSPS) is 10.4. The van der Waals surface area contributed by atoms with Crippen LogP contribution in [0.4, 0.5) is 4.79 Å². The molecule has 0 atom stereocenters. The van der Waals surface area contributed by atoms with Crippen LogP contribution in [0.15, 0.2) is 0 Å². The van der Waals surface area contributed by atoms with Crippen molar-refractivity contribution in [2.75, 3.05) is 20.1 Å². The second kappa shape index (κ2) is 13.7. The fourth-order valence-corrected chi connectivity index (χ4v) is 2.16. The predicted octanol–water partition coefficient (Wildman–Crippen LogP) is 3.63. The van der Waals surface area contributed by atoms with E-state index in [2.05, 4.69) is 12.2 Å². The molecule has 2 N–H and O–H groups in total. The molecule has 124 valence electrons. The number of carboxylic acid groups (broad SMARTS) is 1. The first-order valence-electron chi connectivity index (χ1n) is 8.28. The molecule has 0 aliphatic heterocycles. The maximum absolute atomic E-state index is 11.7. The Kier molecular flexibility index (Phi) is 12.9. The van der Waals surface area contributed by atoms with Gasteiger partial charge in [-0.05, 0) is 12.8 Å². The predicted molar refractivity (Wildman–Crippen MR) is 85.5 cm³/mol. The fourth-order valence-electron chi connectivity index (χ4n) is 2.16. The number of carbonyl (C=O) groups is 2. The number of unbranched alkanes of at least 4 members (excludes halogenated alkanes) is 7. The van der Waals surface area contributed by atoms with Crippen molar-refractivity contribution in [1.29, 1.82) is 0 Å². The van der Waals surface area contributed by atoms with Gasteiger partial charge in [-0.2, -0.15) is 0 Å². The zero-order chi connectivity index (χ0) is 15.9. The molecule has 0 aliphatic rings. The highest BCUT2D eigenvalue weighted by Gasteiger charge is 2.07. The van der Waals surface area contributed by atoms with Crippen molar-refractivity contribution >= 4 is 12.0 Å². The van der Waals surface area contributed by atoms with Gasteiger partial charge in [0.25, 0.3) is 0 Å². The van der Waals surface area contributed by atoms with Gasteiger partial charge < -0.3 is 15.3 Å². The zero-order valence-corrected chi connectivity index (χ0v) is 13.7. The van der Waals surface area contributed by atoms with Crippen LogP contribution in [0.1, 0.15) is 71.1 Å². The summed E-state index contributed by atoms with van der Waals surface area (Å²) in [5.74, 6) is -0.817. The Balaban J connectivity index is 3.38. The monoisotopic (exact) mass is 300 g/mol. The Morgan fingerprint density at radius 1 is 0.952 bits per heavy atom. The summed E-state index contributed by atoms with van der Waals surface area (Å²) >= 11 is 0. The van der Waals surface area contributed by atoms with E-state index in [9.17, 15) is 9.59 Å². The smallest absolute Gasteiger partial charge is 0.317 e. The van der Waals surface area contributed by atoms with Crippen molar-refractivity contribution in [3.63, 3.8) is 0 Å². The van der Waals surface area contributed by atoms with E-state index in [0.717, 1.165) is 12.8 Å². The number of urea groups is 1. The van der Waals surface area contributed by atoms with Crippen LogP contribution in [0.25, 0.3) is 0 Å². The lowest BCUT2D eigenvalue weighted by Gasteiger charge is -2.17. The summed E-state index contributed by atoms with van der Waals surface area (Å²) in [5.41, 5.74) is 0. The van der Waals surface area contributed by atoms with Crippen LogP contribution in [0.5, 0.6) is 0 Å². The number of aliphatic carboxylic acids is 1. The molecule has 5 nitrogen and oxygen atoms in total. The molecule has 0 aromatic carbocycles. The van der Waals surface area contributed by atoms with Crippen LogP contribution < -0.4 is 5.32 Å². The van der Waals surface area contributed by atoms with Gasteiger partial charge in [-0.3, -0.25) is 4.79 Å². The molecular formula is C16H32N2O3. The second-order valence-electron chi connectivity index (χ2n) is 5.63. The molecule has 0 unspecified atom stereocenters. The van der Waals surface area contributed by atoms with Gasteiger partial charge in [0.15, 0.2) is 0 Å². The molecular weight excluding hydrogens is 268 g/mol. The third-order valence-electron chi connectivity index (χ3n) is 3.54. The van der Waals surface area contributed by atoms with Crippen LogP contribution in [-0.2, 0) is 4.79 Å². The number of carboxylic acids is 1. The Hall–Kier alpha value is -1.26. The number of nitrogens with zero attached hydrogens (tertiary/aromatic N) is 1. The van der Waals surface area contributed by atoms with E-state index in [4.69, 9.17) is 5.11 Å². The van der Waals surface area contributed by atoms with Crippen molar-refractivity contribution in [3.05, 3.63) is 0 Å². The van der Waals surface area contributed by atoms with Gasteiger partial charge in [-0.15, -0.1) is 0 Å². The van der Waals surface area contributed by atoms with E-state index in [0.29, 0.717) is 19.5 Å². The largest absolute Gasteiger partial charge is 0.481 e. The van der Waals surface area contributed by atoms with Crippen molar-refractivity contribution in [2.45, 2.75) is 71.1 Å². The van der Waals surface area contributed by atoms with Gasteiger partial charge in [0, 0.05) is 26.6 Å². The van der Waals surface area contributed by atoms with E-state index in [1.165, 1.54) is 38.5 Å². The number of hydrogen-bond acceptors (Lipinski definition) is 2. The molecule has 0 bridgehead atoms. The second-order valence-corrected chi connectivity index (χ2v) is 5.63. The Bertz CT molecular complexity index is 283. The lowest BCUT2D eigenvalue weighted by Crippen LogP contribution is -2.38. The molecule has 2 amide bonds. The Labute approximate surface area is 129 Å². The van der Waals surface area contributed by atoms with Gasteiger partial charge in [-0.1, -0.05) is 51.9 Å². The Morgan fingerprint density at radius 3 is 2.10 bits per heavy atom. The molecule has 0 heterocycles. The van der Waals surface area contributed by atoms with Crippen molar-refractivity contribution in [2.24, 2.45) is 0 Å². The first kappa shape index (κ1) is 19.7. The molecule has 5 heteroatoms. The van der Waals surface area contributed by atoms with Crippen LogP contribution in [0.3, 0.4) is 0 Å². The van der Waals surface area contributed by atoms with Crippen molar-refractivity contribution < 1.29 is 14.7 Å². The lowest BCUT2D eigenvalue weighted by molar-refractivity contribution is -0.137. The van der Waals surface area contributed by atoms with E-state index >= 15 is 0 Å². The topological polar surface area (TPSA) is 69.6 Å². The summed E-state index contributed by atoms with van der Waals surface area (Å²) in [5, 5.41) is 11.4. The first-order valence-corrected chi connectivity index (χ1v) is 8.28. The summed E-state index contributed by atoms with van der Waals surface area (Å²) < 4.78 is 0. The summed E-state index contributed by atoms with van der Waals surface area (Å²) in [6.45, 7) is 3.41. The SMILES string of the molecule is CCCCCCCCCCNC(=O)N(C)CCCC(=O)O. The number of hydrogen-bond donors (Lipinski definition) is 2. The van der Waals surface area contributed by atoms with E-state index in [1.807, 2.05) is 0 Å². The highest BCUT2D eigenvalue weighted by molar-refractivity contribution is 5.73. The minimum Gasteiger partial charge on any atom is -0.481 e. The first-order chi connectivity index (χ1) is 10.1. The lowest BCUT2D eigenvalue weighted by atomic mass is 10.1. The standard InChI is InChI=1S/C16H32N2O3/c1-3-4-5-6-7-8-9-10-13-17-16(21)18(2)14-11-12-15(19)20/h3-14H2,1-2H3,(H,17,21)(H,19,20). The van der Waals surface area contributed by atoms with Crippen molar-refractivity contribution in [3.8, 4) is 0 Å². The van der Waals surface area contributed by atoms with Crippen LogP contribution >= 0.6 is 0 Å². The maximum Gasteiger partial charge on any atom is 0.317 e. The highest BCUT2D eigenvalue weighted by Crippen LogP contribution is 2.07. The Morgan fingerprint density at radius 2 is 1.52 bits per heavy atom. The minimum absolute atomic E-state index is 0.107. The third-order valence-corrected chi connectivity index (χ3v) is 3.54. The van der Waals surface area contributed by atoms with Gasteiger partial charge in [0.2, 0.25) is 0 Å². The zero-order valence-electron chi connectivity index (χ0n) is 13.7. The van der Waals surface area contributed by atoms with Crippen LogP contribution in [0, 0.1) is 0 Å². The van der Waals surface area contributed by atoms with Gasteiger partial charge >= 0.3 is 12.0 Å². The number of rotatable bonds is 13. The van der Waals surface area contributed by atoms with Gasteiger partial charge in [-0.25, -0.2) is 4.79 Å². The average Bonchev–Trinajstić information content (AvgIpc) is 2.44. The van der Waals surface area contributed by atoms with Gasteiger partial charge in [0.05, 0.1) is 0 Å². The van der Waals surface area contributed by atoms with E-state index < -0.39 is 5.97 Å². The average molecular weight is 300 g/mol. The van der Waals surface area contributed by atoms with Gasteiger partial charge in [0.1, 0.15) is 0 Å². The summed E-state index contributed by atoms with van der Waals surface area (Å²) in [6, 6.07) is -0.108. The van der Waals surface area contributed by atoms with Crippen LogP contribution in [-0.4, -0.2) is 42.1 Å². The number of carbonyl (C=O) groups excluding carboxylic acids is 1. The molecule has 0 aromatic rings. The summed E-state index contributed by atoms with van der Waals surface area (Å²) in [7, 11) is 1.70. The molecule has 0 fully saturated rings. The molecule has 21 heavy (non-hydrogen) atoms. The van der Waals surface area contributed by atoms with E-state index in [1.54, 1.807) is 11.9 Å². The molecule has 0 spiro atoms. The quantitative estimate of drug-likeness (QED) is 0.510. The summed E-state index contributed by atoms with van der Waals surface area (Å²) in [6.07, 6.45) is 10.6. The molecule has 0 saturated heterocycles. The molecule has 0 rings (SSSR count). The van der Waals surface area contributed by atoms with Crippen LogP contribution in [0.2, 0.25) is 0 Å². The molecule has 0 aliphatic carbocycles. The van der Waals surface area contributed by atoms with Crippen molar-refractivity contribution in [1.82, 2.24) is 10.2 Å². The minimum atomic E-state index is -0.817. The maximum atomic E-state index is 11.7. The van der Waals surface area contributed by atoms with E-state index in [-0.39, 0.29) is 12.5 Å². The summed E-state index contributed by atoms with van der Waals surface area (Å²) in [4.78, 5) is 23.6. The molecule has 0 saturated carbocycles. The third kappa shape index (κ3) is 13.5. The molecule has 0 aromatic heterocycles. The number of amides is 2. The highest BCUT2D eigenvalue weighted by atomic mass is 16.4. The fraction of sp³-hybridized carbons (Fsp3) is 0.875. The molecule has 0 radical (unpaired) electrons. The number of nitrogens with one attached hydrogen (secondary N) is 1.